The molecule has 1 aromatic heterocycles. The largest absolute Gasteiger partial charge is 0.459 e. The summed E-state index contributed by atoms with van der Waals surface area (Å²) < 4.78 is 32.6. The molecule has 1 aliphatic heterocycles. The van der Waals surface area contributed by atoms with Crippen LogP contribution >= 0.6 is 0 Å². The highest BCUT2D eigenvalue weighted by molar-refractivity contribution is 7.89. The van der Waals surface area contributed by atoms with E-state index in [1.807, 2.05) is 37.3 Å². The molecule has 4 rings (SSSR count). The van der Waals surface area contributed by atoms with Crippen LogP contribution in [0.4, 0.5) is 11.4 Å². The quantitative estimate of drug-likeness (QED) is 0.475. The Hall–Kier alpha value is -2.91. The van der Waals surface area contributed by atoms with Gasteiger partial charge in [-0.05, 0) is 44.0 Å². The predicted molar refractivity (Wildman–Crippen MR) is 109 cm³/mol. The Morgan fingerprint density at radius 3 is 2.55 bits per heavy atom. The van der Waals surface area contributed by atoms with Crippen molar-refractivity contribution >= 4 is 32.4 Å². The number of nitrogens with one attached hydrogen (secondary N) is 1. The van der Waals surface area contributed by atoms with Crippen LogP contribution in [0.25, 0.3) is 11.0 Å². The van der Waals surface area contributed by atoms with Crippen molar-refractivity contribution in [2.75, 3.05) is 18.4 Å². The van der Waals surface area contributed by atoms with Crippen molar-refractivity contribution in [1.82, 2.24) is 4.31 Å². The first-order chi connectivity index (χ1) is 13.9. The molecular weight excluding hydrogens is 394 g/mol. The molecule has 0 radical (unpaired) electrons. The van der Waals surface area contributed by atoms with E-state index < -0.39 is 14.9 Å². The van der Waals surface area contributed by atoms with Gasteiger partial charge in [0.15, 0.2) is 0 Å². The second-order valence-electron chi connectivity index (χ2n) is 7.10. The summed E-state index contributed by atoms with van der Waals surface area (Å²) in [6.07, 6.45) is 1.60. The fourth-order valence-corrected chi connectivity index (χ4v) is 5.08. The van der Waals surface area contributed by atoms with Crippen molar-refractivity contribution < 1.29 is 17.8 Å². The van der Waals surface area contributed by atoms with E-state index >= 15 is 0 Å². The van der Waals surface area contributed by atoms with Gasteiger partial charge in [-0.2, -0.15) is 4.31 Å². The molecule has 3 aromatic rings. The van der Waals surface area contributed by atoms with Gasteiger partial charge in [0.1, 0.15) is 17.0 Å². The summed E-state index contributed by atoms with van der Waals surface area (Å²) in [5.74, 6) is 0.634. The zero-order valence-corrected chi connectivity index (χ0v) is 16.7. The molecule has 0 amide bonds. The number of rotatable bonds is 6. The number of furan rings is 1. The molecule has 0 saturated carbocycles. The first kappa shape index (κ1) is 19.4. The van der Waals surface area contributed by atoms with E-state index in [0.717, 1.165) is 29.9 Å². The molecule has 1 N–H and O–H groups in total. The molecule has 29 heavy (non-hydrogen) atoms. The van der Waals surface area contributed by atoms with Gasteiger partial charge in [-0.25, -0.2) is 8.42 Å². The lowest BCUT2D eigenvalue weighted by atomic mass is 10.2. The smallest absolute Gasteiger partial charge is 0.293 e. The molecule has 0 spiro atoms. The second-order valence-corrected chi connectivity index (χ2v) is 9.04. The highest BCUT2D eigenvalue weighted by atomic mass is 32.2. The molecule has 0 bridgehead atoms. The SMILES string of the molecule is C[C@H](Nc1ccc(S(=O)(=O)N2CCCC2)cc1[N+](=O)[O-])c1cc2ccccc2o1. The third kappa shape index (κ3) is 3.70. The van der Waals surface area contributed by atoms with E-state index in [2.05, 4.69) is 5.32 Å². The molecule has 152 valence electrons. The zero-order valence-electron chi connectivity index (χ0n) is 15.9. The Labute approximate surface area is 168 Å². The number of nitro benzene ring substituents is 1. The van der Waals surface area contributed by atoms with Gasteiger partial charge in [-0.3, -0.25) is 10.1 Å². The van der Waals surface area contributed by atoms with E-state index in [0.29, 0.717) is 18.8 Å². The number of anilines is 1. The molecular formula is C20H21N3O5S. The number of hydrogen-bond acceptors (Lipinski definition) is 6. The number of benzene rings is 2. The van der Waals surface area contributed by atoms with Crippen molar-refractivity contribution in [2.24, 2.45) is 0 Å². The average Bonchev–Trinajstić information content (AvgIpc) is 3.38. The second kappa shape index (κ2) is 7.49. The molecule has 0 unspecified atom stereocenters. The summed E-state index contributed by atoms with van der Waals surface area (Å²) in [5, 5.41) is 15.6. The minimum atomic E-state index is -3.73. The Balaban J connectivity index is 1.64. The fourth-order valence-electron chi connectivity index (χ4n) is 3.54. The highest BCUT2D eigenvalue weighted by Crippen LogP contribution is 2.33. The Morgan fingerprint density at radius 1 is 1.14 bits per heavy atom. The van der Waals surface area contributed by atoms with Crippen LogP contribution in [-0.4, -0.2) is 30.7 Å². The van der Waals surface area contributed by atoms with E-state index in [9.17, 15) is 18.5 Å². The molecule has 2 aromatic carbocycles. The maximum Gasteiger partial charge on any atom is 0.293 e. The molecule has 8 nitrogen and oxygen atoms in total. The van der Waals surface area contributed by atoms with Crippen molar-refractivity contribution in [3.05, 3.63) is 64.4 Å². The third-order valence-corrected chi connectivity index (χ3v) is 7.01. The summed E-state index contributed by atoms with van der Waals surface area (Å²) in [7, 11) is -3.73. The number of para-hydroxylation sites is 1. The van der Waals surface area contributed by atoms with Gasteiger partial charge in [0.2, 0.25) is 10.0 Å². The number of sulfonamides is 1. The molecule has 9 heteroatoms. The van der Waals surface area contributed by atoms with Crippen LogP contribution in [0.1, 0.15) is 31.6 Å². The van der Waals surface area contributed by atoms with Gasteiger partial charge in [0.05, 0.1) is 15.9 Å². The van der Waals surface area contributed by atoms with Crippen LogP contribution in [0.3, 0.4) is 0 Å². The monoisotopic (exact) mass is 415 g/mol. The van der Waals surface area contributed by atoms with E-state index in [-0.39, 0.29) is 22.3 Å². The highest BCUT2D eigenvalue weighted by Gasteiger charge is 2.29. The van der Waals surface area contributed by atoms with Crippen LogP contribution in [0.15, 0.2) is 57.8 Å². The van der Waals surface area contributed by atoms with Gasteiger partial charge >= 0.3 is 0 Å². The third-order valence-electron chi connectivity index (χ3n) is 5.11. The number of nitro groups is 1. The standard InChI is InChI=1S/C20H21N3O5S/c1-14(20-12-15-6-2-3-7-19(15)28-20)21-17-9-8-16(13-18(17)23(24)25)29(26,27)22-10-4-5-11-22/h2-3,6-9,12-14,21H,4-5,10-11H2,1H3/t14-/m0/s1. The molecule has 1 aliphatic rings. The molecule has 2 heterocycles. The summed E-state index contributed by atoms with van der Waals surface area (Å²) in [4.78, 5) is 11.0. The first-order valence-corrected chi connectivity index (χ1v) is 10.8. The van der Waals surface area contributed by atoms with E-state index in [4.69, 9.17) is 4.42 Å². The van der Waals surface area contributed by atoms with Crippen molar-refractivity contribution in [3.63, 3.8) is 0 Å². The van der Waals surface area contributed by atoms with Gasteiger partial charge in [0.25, 0.3) is 5.69 Å². The first-order valence-electron chi connectivity index (χ1n) is 9.40. The Bertz CT molecular complexity index is 1130. The van der Waals surface area contributed by atoms with Crippen LogP contribution in [0.2, 0.25) is 0 Å². The molecule has 1 atom stereocenters. The van der Waals surface area contributed by atoms with Crippen LogP contribution in [0, 0.1) is 10.1 Å². The van der Waals surface area contributed by atoms with Crippen molar-refractivity contribution in [3.8, 4) is 0 Å². The normalized spacial score (nSPS) is 16.2. The molecule has 1 saturated heterocycles. The topological polar surface area (TPSA) is 106 Å². The number of fused-ring (bicyclic) bond motifs is 1. The van der Waals surface area contributed by atoms with E-state index in [1.54, 1.807) is 0 Å². The van der Waals surface area contributed by atoms with Gasteiger partial charge < -0.3 is 9.73 Å². The van der Waals surface area contributed by atoms with Crippen LogP contribution in [-0.2, 0) is 10.0 Å². The minimum Gasteiger partial charge on any atom is -0.459 e. The average molecular weight is 415 g/mol. The summed E-state index contributed by atoms with van der Waals surface area (Å²) in [6.45, 7) is 2.72. The summed E-state index contributed by atoms with van der Waals surface area (Å²) in [5.41, 5.74) is 0.689. The van der Waals surface area contributed by atoms with Gasteiger partial charge in [0, 0.05) is 24.5 Å². The maximum atomic E-state index is 12.7. The minimum absolute atomic E-state index is 0.0620. The van der Waals surface area contributed by atoms with E-state index in [1.165, 1.54) is 16.4 Å². The molecule has 0 aliphatic carbocycles. The lowest BCUT2D eigenvalue weighted by Gasteiger charge is -2.17. The number of nitrogens with zero attached hydrogens (tertiary/aromatic N) is 2. The fraction of sp³-hybridized carbons (Fsp3) is 0.300. The van der Waals surface area contributed by atoms with Gasteiger partial charge in [-0.15, -0.1) is 0 Å². The molecule has 1 fully saturated rings. The Kier molecular flexibility index (Phi) is 5.01. The summed E-state index contributed by atoms with van der Waals surface area (Å²) >= 11 is 0. The number of hydrogen-bond donors (Lipinski definition) is 1. The lowest BCUT2D eigenvalue weighted by molar-refractivity contribution is -0.384. The maximum absolute atomic E-state index is 12.7. The van der Waals surface area contributed by atoms with Crippen molar-refractivity contribution in [2.45, 2.75) is 30.7 Å². The van der Waals surface area contributed by atoms with Crippen LogP contribution in [0.5, 0.6) is 0 Å². The van der Waals surface area contributed by atoms with Crippen molar-refractivity contribution in [1.29, 1.82) is 0 Å². The van der Waals surface area contributed by atoms with Gasteiger partial charge in [-0.1, -0.05) is 18.2 Å². The van der Waals surface area contributed by atoms with Crippen LogP contribution < -0.4 is 5.32 Å². The summed E-state index contributed by atoms with van der Waals surface area (Å²) in [6, 6.07) is 13.1. The zero-order chi connectivity index (χ0) is 20.6. The Morgan fingerprint density at radius 2 is 1.86 bits per heavy atom. The predicted octanol–water partition coefficient (Wildman–Crippen LogP) is 4.30. The lowest BCUT2D eigenvalue weighted by Crippen LogP contribution is -2.27.